The quantitative estimate of drug-likeness (QED) is 0.840. The molecule has 0 unspecified atom stereocenters. The van der Waals surface area contributed by atoms with Crippen molar-refractivity contribution in [2.24, 2.45) is 0 Å². The van der Waals surface area contributed by atoms with Crippen LogP contribution in [-0.2, 0) is 0 Å². The van der Waals surface area contributed by atoms with E-state index in [1.807, 2.05) is 20.2 Å². The third-order valence-corrected chi connectivity index (χ3v) is 2.75. The van der Waals surface area contributed by atoms with Crippen LogP contribution in [0.4, 0.5) is 11.5 Å². The van der Waals surface area contributed by atoms with Crippen molar-refractivity contribution in [2.75, 3.05) is 37.8 Å². The number of nitrogens with one attached hydrogen (secondary N) is 2. The van der Waals surface area contributed by atoms with Crippen LogP contribution in [0.1, 0.15) is 16.2 Å². The molecule has 0 aliphatic heterocycles. The molecular weight excluding hydrogens is 270 g/mol. The average Bonchev–Trinajstić information content (AvgIpc) is 2.84. The molecule has 0 bridgehead atoms. The van der Waals surface area contributed by atoms with Crippen LogP contribution in [0.15, 0.2) is 28.9 Å². The number of aromatic nitrogens is 2. The standard InChI is InChI=1S/C14H19N5O2/c1-10-8-13(18-21-10)17-14(20)12-9-11(4-5-16-12)15-6-7-19(2)3/h4-5,8-9H,6-7H2,1-3H3,(H,15,16)(H,17,18,20). The number of hydrogen-bond acceptors (Lipinski definition) is 6. The summed E-state index contributed by atoms with van der Waals surface area (Å²) in [6, 6.07) is 5.18. The van der Waals surface area contributed by atoms with E-state index in [2.05, 4.69) is 25.7 Å². The van der Waals surface area contributed by atoms with E-state index in [0.29, 0.717) is 17.3 Å². The molecule has 7 heteroatoms. The second-order valence-corrected chi connectivity index (χ2v) is 4.94. The van der Waals surface area contributed by atoms with Gasteiger partial charge in [-0.25, -0.2) is 0 Å². The van der Waals surface area contributed by atoms with Crippen molar-refractivity contribution in [1.82, 2.24) is 15.0 Å². The van der Waals surface area contributed by atoms with E-state index >= 15 is 0 Å². The van der Waals surface area contributed by atoms with Gasteiger partial charge in [0.05, 0.1) is 0 Å². The number of carbonyl (C=O) groups is 1. The number of anilines is 2. The maximum absolute atomic E-state index is 12.1. The highest BCUT2D eigenvalue weighted by atomic mass is 16.5. The first-order chi connectivity index (χ1) is 10.0. The fraction of sp³-hybridized carbons (Fsp3) is 0.357. The lowest BCUT2D eigenvalue weighted by Crippen LogP contribution is -2.21. The summed E-state index contributed by atoms with van der Waals surface area (Å²) in [5.74, 6) is 0.696. The number of amides is 1. The third kappa shape index (κ3) is 4.57. The van der Waals surface area contributed by atoms with E-state index in [1.165, 1.54) is 0 Å². The van der Waals surface area contributed by atoms with Crippen molar-refractivity contribution in [2.45, 2.75) is 6.92 Å². The molecule has 0 saturated carbocycles. The fourth-order valence-electron chi connectivity index (χ4n) is 1.69. The Morgan fingerprint density at radius 2 is 2.19 bits per heavy atom. The van der Waals surface area contributed by atoms with Gasteiger partial charge in [-0.15, -0.1) is 0 Å². The highest BCUT2D eigenvalue weighted by Gasteiger charge is 2.10. The Kier molecular flexibility index (Phi) is 4.89. The van der Waals surface area contributed by atoms with Crippen LogP contribution in [0, 0.1) is 6.92 Å². The minimum atomic E-state index is -0.320. The third-order valence-electron chi connectivity index (χ3n) is 2.75. The molecule has 0 radical (unpaired) electrons. The molecule has 2 rings (SSSR count). The summed E-state index contributed by atoms with van der Waals surface area (Å²) in [4.78, 5) is 18.2. The SMILES string of the molecule is Cc1cc(NC(=O)c2cc(NCCN(C)C)ccn2)no1. The molecule has 2 aromatic rings. The van der Waals surface area contributed by atoms with Gasteiger partial charge < -0.3 is 20.1 Å². The summed E-state index contributed by atoms with van der Waals surface area (Å²) in [6.07, 6.45) is 1.60. The largest absolute Gasteiger partial charge is 0.384 e. The van der Waals surface area contributed by atoms with Gasteiger partial charge in [-0.3, -0.25) is 9.78 Å². The lowest BCUT2D eigenvalue weighted by molar-refractivity contribution is 0.102. The number of likely N-dealkylation sites (N-methyl/N-ethyl adjacent to an activating group) is 1. The number of carbonyl (C=O) groups excluding carboxylic acids is 1. The smallest absolute Gasteiger partial charge is 0.275 e. The van der Waals surface area contributed by atoms with Gasteiger partial charge in [0, 0.05) is 31.0 Å². The molecule has 2 heterocycles. The van der Waals surface area contributed by atoms with Crippen molar-refractivity contribution < 1.29 is 9.32 Å². The second kappa shape index (κ2) is 6.85. The van der Waals surface area contributed by atoms with Crippen molar-refractivity contribution in [3.63, 3.8) is 0 Å². The Morgan fingerprint density at radius 1 is 1.38 bits per heavy atom. The van der Waals surface area contributed by atoms with Gasteiger partial charge in [0.2, 0.25) is 0 Å². The topological polar surface area (TPSA) is 83.3 Å². The summed E-state index contributed by atoms with van der Waals surface area (Å²) in [6.45, 7) is 3.46. The van der Waals surface area contributed by atoms with Gasteiger partial charge in [-0.1, -0.05) is 5.16 Å². The number of aryl methyl sites for hydroxylation is 1. The normalized spacial score (nSPS) is 10.7. The molecule has 1 amide bonds. The molecule has 0 aliphatic rings. The van der Waals surface area contributed by atoms with Crippen molar-refractivity contribution >= 4 is 17.4 Å². The first-order valence-corrected chi connectivity index (χ1v) is 6.64. The summed E-state index contributed by atoms with van der Waals surface area (Å²) >= 11 is 0. The second-order valence-electron chi connectivity index (χ2n) is 4.94. The summed E-state index contributed by atoms with van der Waals surface area (Å²) in [5.41, 5.74) is 1.18. The molecule has 0 spiro atoms. The van der Waals surface area contributed by atoms with E-state index < -0.39 is 0 Å². The van der Waals surface area contributed by atoms with E-state index in [-0.39, 0.29) is 5.91 Å². The Bertz CT molecular complexity index is 609. The van der Waals surface area contributed by atoms with Crippen LogP contribution in [0.25, 0.3) is 0 Å². The summed E-state index contributed by atoms with van der Waals surface area (Å²) in [5, 5.41) is 9.60. The Labute approximate surface area is 123 Å². The van der Waals surface area contributed by atoms with Crippen LogP contribution >= 0.6 is 0 Å². The predicted octanol–water partition coefficient (Wildman–Crippen LogP) is 1.60. The number of pyridine rings is 1. The van der Waals surface area contributed by atoms with Gasteiger partial charge in [-0.2, -0.15) is 0 Å². The molecule has 0 aromatic carbocycles. The zero-order valence-electron chi connectivity index (χ0n) is 12.4. The molecule has 0 aliphatic carbocycles. The zero-order chi connectivity index (χ0) is 15.2. The first-order valence-electron chi connectivity index (χ1n) is 6.64. The maximum atomic E-state index is 12.1. The van der Waals surface area contributed by atoms with E-state index in [0.717, 1.165) is 18.8 Å². The number of nitrogens with zero attached hydrogens (tertiary/aromatic N) is 3. The summed E-state index contributed by atoms with van der Waals surface area (Å²) < 4.78 is 4.90. The highest BCUT2D eigenvalue weighted by molar-refractivity contribution is 6.02. The van der Waals surface area contributed by atoms with Gasteiger partial charge >= 0.3 is 0 Å². The van der Waals surface area contributed by atoms with Crippen molar-refractivity contribution in [1.29, 1.82) is 0 Å². The minimum absolute atomic E-state index is 0.320. The molecule has 2 aromatic heterocycles. The Balaban J connectivity index is 1.97. The molecule has 21 heavy (non-hydrogen) atoms. The average molecular weight is 289 g/mol. The highest BCUT2D eigenvalue weighted by Crippen LogP contribution is 2.11. The maximum Gasteiger partial charge on any atom is 0.275 e. The van der Waals surface area contributed by atoms with Gasteiger partial charge in [0.25, 0.3) is 5.91 Å². The first kappa shape index (κ1) is 15.0. The zero-order valence-corrected chi connectivity index (χ0v) is 12.4. The lowest BCUT2D eigenvalue weighted by atomic mass is 10.3. The monoisotopic (exact) mass is 289 g/mol. The molecule has 112 valence electrons. The Morgan fingerprint density at radius 3 is 2.86 bits per heavy atom. The molecule has 0 saturated heterocycles. The molecule has 2 N–H and O–H groups in total. The number of rotatable bonds is 6. The Hall–Kier alpha value is -2.41. The van der Waals surface area contributed by atoms with E-state index in [1.54, 1.807) is 25.3 Å². The van der Waals surface area contributed by atoms with Crippen LogP contribution < -0.4 is 10.6 Å². The number of hydrogen-bond donors (Lipinski definition) is 2. The summed E-state index contributed by atoms with van der Waals surface area (Å²) in [7, 11) is 4.01. The van der Waals surface area contributed by atoms with Crippen LogP contribution in [0.2, 0.25) is 0 Å². The predicted molar refractivity (Wildman–Crippen MR) is 80.5 cm³/mol. The van der Waals surface area contributed by atoms with E-state index in [9.17, 15) is 4.79 Å². The molecule has 0 fully saturated rings. The van der Waals surface area contributed by atoms with Crippen molar-refractivity contribution in [3.05, 3.63) is 35.9 Å². The van der Waals surface area contributed by atoms with Gasteiger partial charge in [-0.05, 0) is 33.2 Å². The van der Waals surface area contributed by atoms with Crippen LogP contribution in [0.3, 0.4) is 0 Å². The van der Waals surface area contributed by atoms with Crippen molar-refractivity contribution in [3.8, 4) is 0 Å². The van der Waals surface area contributed by atoms with Crippen LogP contribution in [-0.4, -0.2) is 48.1 Å². The fourth-order valence-corrected chi connectivity index (χ4v) is 1.69. The van der Waals surface area contributed by atoms with Crippen LogP contribution in [0.5, 0.6) is 0 Å². The molecule has 0 atom stereocenters. The lowest BCUT2D eigenvalue weighted by Gasteiger charge is -2.11. The molecular formula is C14H19N5O2. The van der Waals surface area contributed by atoms with E-state index in [4.69, 9.17) is 4.52 Å². The minimum Gasteiger partial charge on any atom is -0.384 e. The molecule has 7 nitrogen and oxygen atoms in total. The van der Waals surface area contributed by atoms with Gasteiger partial charge in [0.15, 0.2) is 5.82 Å². The van der Waals surface area contributed by atoms with Gasteiger partial charge in [0.1, 0.15) is 11.5 Å².